The molecule has 0 heterocycles. The molecule has 0 saturated heterocycles. The van der Waals surface area contributed by atoms with Crippen molar-refractivity contribution < 1.29 is 4.39 Å². The lowest BCUT2D eigenvalue weighted by Crippen LogP contribution is -2.27. The second kappa shape index (κ2) is 5.86. The molecule has 18 heavy (non-hydrogen) atoms. The number of hydrogen-bond acceptors (Lipinski definition) is 2. The van der Waals surface area contributed by atoms with Crippen LogP contribution in [0, 0.1) is 30.0 Å². The van der Waals surface area contributed by atoms with Crippen molar-refractivity contribution in [1.29, 1.82) is 5.26 Å². The molecule has 96 valence electrons. The predicted octanol–water partition coefficient (Wildman–Crippen LogP) is 4.02. The molecule has 3 heteroatoms. The first-order valence-corrected chi connectivity index (χ1v) is 6.63. The van der Waals surface area contributed by atoms with Crippen molar-refractivity contribution in [3.05, 3.63) is 29.6 Å². The van der Waals surface area contributed by atoms with Gasteiger partial charge >= 0.3 is 0 Å². The van der Waals surface area contributed by atoms with Gasteiger partial charge in [-0.15, -0.1) is 0 Å². The second-order valence-corrected chi connectivity index (χ2v) is 5.09. The molecule has 2 unspecified atom stereocenters. The topological polar surface area (TPSA) is 35.8 Å². The number of aryl methyl sites for hydroxylation is 1. The second-order valence-electron chi connectivity index (χ2n) is 5.09. The molecule has 1 aliphatic rings. The number of hydrogen-bond donors (Lipinski definition) is 1. The standard InChI is InChI=1S/C15H19FN2/c1-11-9-13(7-8-14(11)16)18-15-6-4-2-3-5-12(15)10-17/h7-9,12,15,18H,2-6H2,1H3. The van der Waals surface area contributed by atoms with Crippen molar-refractivity contribution in [3.8, 4) is 6.07 Å². The van der Waals surface area contributed by atoms with Crippen LogP contribution in [0.25, 0.3) is 0 Å². The first-order valence-electron chi connectivity index (χ1n) is 6.63. The van der Waals surface area contributed by atoms with Crippen LogP contribution in [0.2, 0.25) is 0 Å². The number of nitriles is 1. The molecule has 2 atom stereocenters. The Bertz CT molecular complexity index is 450. The van der Waals surface area contributed by atoms with E-state index in [-0.39, 0.29) is 17.8 Å². The summed E-state index contributed by atoms with van der Waals surface area (Å²) in [5, 5.41) is 12.6. The number of anilines is 1. The van der Waals surface area contributed by atoms with Gasteiger partial charge < -0.3 is 5.32 Å². The third-order valence-electron chi connectivity index (χ3n) is 3.69. The quantitative estimate of drug-likeness (QED) is 0.800. The van der Waals surface area contributed by atoms with Crippen LogP contribution in [0.3, 0.4) is 0 Å². The van der Waals surface area contributed by atoms with E-state index in [2.05, 4.69) is 11.4 Å². The third-order valence-corrected chi connectivity index (χ3v) is 3.69. The Labute approximate surface area is 108 Å². The largest absolute Gasteiger partial charge is 0.381 e. The van der Waals surface area contributed by atoms with Crippen LogP contribution in [0.5, 0.6) is 0 Å². The summed E-state index contributed by atoms with van der Waals surface area (Å²) in [4.78, 5) is 0. The smallest absolute Gasteiger partial charge is 0.126 e. The van der Waals surface area contributed by atoms with Gasteiger partial charge in [0, 0.05) is 11.7 Å². The van der Waals surface area contributed by atoms with Gasteiger partial charge in [0.2, 0.25) is 0 Å². The number of rotatable bonds is 2. The molecule has 0 aliphatic heterocycles. The van der Waals surface area contributed by atoms with Gasteiger partial charge in [-0.3, -0.25) is 0 Å². The van der Waals surface area contributed by atoms with Gasteiger partial charge in [0.15, 0.2) is 0 Å². The summed E-state index contributed by atoms with van der Waals surface area (Å²) in [6.45, 7) is 1.76. The first-order chi connectivity index (χ1) is 8.70. The van der Waals surface area contributed by atoms with E-state index >= 15 is 0 Å². The Morgan fingerprint density at radius 3 is 2.78 bits per heavy atom. The van der Waals surface area contributed by atoms with Crippen LogP contribution in [0.4, 0.5) is 10.1 Å². The van der Waals surface area contributed by atoms with Crippen LogP contribution in [-0.4, -0.2) is 6.04 Å². The molecule has 1 fully saturated rings. The molecule has 0 bridgehead atoms. The Morgan fingerprint density at radius 1 is 1.28 bits per heavy atom. The summed E-state index contributed by atoms with van der Waals surface area (Å²) in [5.41, 5.74) is 1.56. The molecule has 1 saturated carbocycles. The van der Waals surface area contributed by atoms with Crippen molar-refractivity contribution in [2.45, 2.75) is 45.1 Å². The van der Waals surface area contributed by atoms with Gasteiger partial charge in [-0.25, -0.2) is 4.39 Å². The minimum Gasteiger partial charge on any atom is -0.381 e. The molecule has 0 spiro atoms. The first kappa shape index (κ1) is 12.9. The molecular weight excluding hydrogens is 227 g/mol. The monoisotopic (exact) mass is 246 g/mol. The molecule has 2 nitrogen and oxygen atoms in total. The zero-order chi connectivity index (χ0) is 13.0. The van der Waals surface area contributed by atoms with Crippen LogP contribution in [0.1, 0.15) is 37.7 Å². The van der Waals surface area contributed by atoms with Crippen LogP contribution < -0.4 is 5.32 Å². The maximum Gasteiger partial charge on any atom is 0.126 e. The minimum absolute atomic E-state index is 0.0675. The minimum atomic E-state index is -0.182. The average Bonchev–Trinajstić information content (AvgIpc) is 2.59. The van der Waals surface area contributed by atoms with Gasteiger partial charge in [0.25, 0.3) is 0 Å². The number of halogens is 1. The van der Waals surface area contributed by atoms with Crippen molar-refractivity contribution >= 4 is 5.69 Å². The highest BCUT2D eigenvalue weighted by Crippen LogP contribution is 2.26. The number of nitrogens with zero attached hydrogens (tertiary/aromatic N) is 1. The molecule has 0 amide bonds. The highest BCUT2D eigenvalue weighted by atomic mass is 19.1. The van der Waals surface area contributed by atoms with E-state index < -0.39 is 0 Å². The average molecular weight is 246 g/mol. The Morgan fingerprint density at radius 2 is 2.06 bits per heavy atom. The van der Waals surface area contributed by atoms with Crippen LogP contribution in [-0.2, 0) is 0 Å². The predicted molar refractivity (Wildman–Crippen MR) is 70.7 cm³/mol. The highest BCUT2D eigenvalue weighted by molar-refractivity contribution is 5.47. The molecule has 2 rings (SSSR count). The Hall–Kier alpha value is -1.56. The summed E-state index contributed by atoms with van der Waals surface area (Å²) < 4.78 is 13.2. The van der Waals surface area contributed by atoms with E-state index in [0.29, 0.717) is 5.56 Å². The van der Waals surface area contributed by atoms with E-state index in [4.69, 9.17) is 0 Å². The summed E-state index contributed by atoms with van der Waals surface area (Å²) >= 11 is 0. The van der Waals surface area contributed by atoms with E-state index in [1.165, 1.54) is 12.5 Å². The molecular formula is C15H19FN2. The molecule has 1 aromatic carbocycles. The number of benzene rings is 1. The Balaban J connectivity index is 2.10. The fourth-order valence-electron chi connectivity index (χ4n) is 2.58. The molecule has 1 aliphatic carbocycles. The zero-order valence-electron chi connectivity index (χ0n) is 10.7. The van der Waals surface area contributed by atoms with E-state index in [9.17, 15) is 9.65 Å². The van der Waals surface area contributed by atoms with Gasteiger partial charge in [-0.05, 0) is 43.5 Å². The van der Waals surface area contributed by atoms with Gasteiger partial charge in [0.05, 0.1) is 12.0 Å². The lowest BCUT2D eigenvalue weighted by atomic mass is 9.96. The normalized spacial score (nSPS) is 24.1. The van der Waals surface area contributed by atoms with Gasteiger partial charge in [-0.1, -0.05) is 19.3 Å². The van der Waals surface area contributed by atoms with Crippen molar-refractivity contribution in [3.63, 3.8) is 0 Å². The van der Waals surface area contributed by atoms with Crippen molar-refractivity contribution in [2.24, 2.45) is 5.92 Å². The number of nitrogens with one attached hydrogen (secondary N) is 1. The van der Waals surface area contributed by atoms with E-state index in [1.807, 2.05) is 6.07 Å². The van der Waals surface area contributed by atoms with Gasteiger partial charge in [0.1, 0.15) is 5.82 Å². The van der Waals surface area contributed by atoms with E-state index in [0.717, 1.165) is 31.4 Å². The molecule has 1 aromatic rings. The molecule has 1 N–H and O–H groups in total. The van der Waals surface area contributed by atoms with Crippen molar-refractivity contribution in [1.82, 2.24) is 0 Å². The highest BCUT2D eigenvalue weighted by Gasteiger charge is 2.23. The molecule has 0 aromatic heterocycles. The summed E-state index contributed by atoms with van der Waals surface area (Å²) in [6.07, 6.45) is 5.50. The Kier molecular flexibility index (Phi) is 4.19. The van der Waals surface area contributed by atoms with Crippen LogP contribution >= 0.6 is 0 Å². The molecule has 0 radical (unpaired) electrons. The third kappa shape index (κ3) is 3.01. The van der Waals surface area contributed by atoms with Gasteiger partial charge in [-0.2, -0.15) is 5.26 Å². The zero-order valence-corrected chi connectivity index (χ0v) is 10.7. The van der Waals surface area contributed by atoms with Crippen molar-refractivity contribution in [2.75, 3.05) is 5.32 Å². The maximum atomic E-state index is 13.2. The lowest BCUT2D eigenvalue weighted by Gasteiger charge is -2.22. The van der Waals surface area contributed by atoms with E-state index in [1.54, 1.807) is 13.0 Å². The SMILES string of the molecule is Cc1cc(NC2CCCCCC2C#N)ccc1F. The van der Waals surface area contributed by atoms with Crippen LogP contribution in [0.15, 0.2) is 18.2 Å². The fourth-order valence-corrected chi connectivity index (χ4v) is 2.58. The fraction of sp³-hybridized carbons (Fsp3) is 0.533. The lowest BCUT2D eigenvalue weighted by molar-refractivity contribution is 0.514. The summed E-state index contributed by atoms with van der Waals surface area (Å²) in [6, 6.07) is 7.65. The summed E-state index contributed by atoms with van der Waals surface area (Å²) in [5.74, 6) is -0.115. The maximum absolute atomic E-state index is 13.2. The summed E-state index contributed by atoms with van der Waals surface area (Å²) in [7, 11) is 0.